The molecule has 0 spiro atoms. The molecule has 0 aliphatic rings. The fourth-order valence-corrected chi connectivity index (χ4v) is 1.55. The van der Waals surface area contributed by atoms with Crippen molar-refractivity contribution in [3.63, 3.8) is 0 Å². The van der Waals surface area contributed by atoms with Crippen LogP contribution in [0.5, 0.6) is 0 Å². The van der Waals surface area contributed by atoms with Crippen LogP contribution >= 0.6 is 0 Å². The lowest BCUT2D eigenvalue weighted by molar-refractivity contribution is -0.115. The summed E-state index contributed by atoms with van der Waals surface area (Å²) in [5, 5.41) is 5.25. The molecule has 2 N–H and O–H groups in total. The number of hydrogen-bond acceptors (Lipinski definition) is 2. The second-order valence-electron chi connectivity index (χ2n) is 5.39. The number of allylic oxidation sites excluding steroid dienone is 4. The zero-order valence-electron chi connectivity index (χ0n) is 19.8. The van der Waals surface area contributed by atoms with E-state index in [0.29, 0.717) is 5.70 Å². The Kier molecular flexibility index (Phi) is 23.0. The van der Waals surface area contributed by atoms with Gasteiger partial charge in [0.2, 0.25) is 5.91 Å². The van der Waals surface area contributed by atoms with Crippen molar-refractivity contribution >= 4 is 17.5 Å². The van der Waals surface area contributed by atoms with Crippen molar-refractivity contribution < 1.29 is 9.59 Å². The molecule has 0 atom stereocenters. The number of hydrogen-bond donors (Lipinski definition) is 2. The number of aryl methyl sites for hydroxylation is 1. The second kappa shape index (κ2) is 22.0. The Morgan fingerprint density at radius 3 is 1.93 bits per heavy atom. The van der Waals surface area contributed by atoms with Crippen molar-refractivity contribution in [2.75, 3.05) is 5.32 Å². The van der Waals surface area contributed by atoms with E-state index in [1.165, 1.54) is 11.6 Å². The van der Waals surface area contributed by atoms with Gasteiger partial charge in [0.15, 0.2) is 0 Å². The van der Waals surface area contributed by atoms with E-state index < -0.39 is 0 Å². The van der Waals surface area contributed by atoms with Gasteiger partial charge in [-0.25, -0.2) is 0 Å². The van der Waals surface area contributed by atoms with Gasteiger partial charge in [-0.1, -0.05) is 82.2 Å². The predicted molar refractivity (Wildman–Crippen MR) is 132 cm³/mol. The smallest absolute Gasteiger partial charge is 0.300 e. The van der Waals surface area contributed by atoms with E-state index in [1.807, 2.05) is 72.7 Å². The Morgan fingerprint density at radius 2 is 1.50 bits per heavy atom. The van der Waals surface area contributed by atoms with Crippen molar-refractivity contribution in [3.8, 4) is 11.8 Å². The molecular weight excluding hydrogens is 372 g/mol. The molecule has 0 radical (unpaired) electrons. The van der Waals surface area contributed by atoms with Crippen LogP contribution in [0.25, 0.3) is 0 Å². The summed E-state index contributed by atoms with van der Waals surface area (Å²) in [7, 11) is 0. The molecule has 1 aromatic carbocycles. The number of benzene rings is 1. The molecule has 4 nitrogen and oxygen atoms in total. The quantitative estimate of drug-likeness (QED) is 0.338. The van der Waals surface area contributed by atoms with Crippen LogP contribution in [-0.4, -0.2) is 11.8 Å². The fourth-order valence-electron chi connectivity index (χ4n) is 1.55. The molecule has 0 unspecified atom stereocenters. The minimum atomic E-state index is -0.348. The molecule has 164 valence electrons. The van der Waals surface area contributed by atoms with E-state index >= 15 is 0 Å². The summed E-state index contributed by atoms with van der Waals surface area (Å²) in [5.74, 6) is 4.40. The van der Waals surface area contributed by atoms with E-state index in [9.17, 15) is 9.59 Å². The van der Waals surface area contributed by atoms with E-state index in [-0.39, 0.29) is 11.8 Å². The highest BCUT2D eigenvalue weighted by molar-refractivity contribution is 5.99. The maximum absolute atomic E-state index is 11.1. The first-order chi connectivity index (χ1) is 14.3. The first-order valence-electron chi connectivity index (χ1n) is 10.0. The Hall–Kier alpha value is -3.32. The van der Waals surface area contributed by atoms with Crippen LogP contribution in [0.2, 0.25) is 0 Å². The molecule has 0 fully saturated rings. The van der Waals surface area contributed by atoms with Crippen LogP contribution < -0.4 is 10.6 Å². The molecule has 30 heavy (non-hydrogen) atoms. The van der Waals surface area contributed by atoms with Crippen LogP contribution in [-0.2, 0) is 9.59 Å². The largest absolute Gasteiger partial charge is 0.323 e. The maximum Gasteiger partial charge on any atom is 0.300 e. The monoisotopic (exact) mass is 410 g/mol. The Bertz CT molecular complexity index is 758. The predicted octanol–water partition coefficient (Wildman–Crippen LogP) is 6.33. The van der Waals surface area contributed by atoms with Gasteiger partial charge in [-0.05, 0) is 57.9 Å². The van der Waals surface area contributed by atoms with Crippen molar-refractivity contribution in [1.82, 2.24) is 5.32 Å². The molecular formula is C26H38N2O2. The average molecular weight is 411 g/mol. The molecule has 2 amide bonds. The van der Waals surface area contributed by atoms with Gasteiger partial charge in [-0.15, -0.1) is 0 Å². The summed E-state index contributed by atoms with van der Waals surface area (Å²) in [6, 6.07) is 7.70. The molecule has 0 aliphatic carbocycles. The van der Waals surface area contributed by atoms with Gasteiger partial charge in [0.1, 0.15) is 0 Å². The molecule has 0 aromatic heterocycles. The van der Waals surface area contributed by atoms with Gasteiger partial charge in [-0.2, -0.15) is 0 Å². The summed E-state index contributed by atoms with van der Waals surface area (Å²) in [6.45, 7) is 22.6. The van der Waals surface area contributed by atoms with Crippen LogP contribution in [0.1, 0.15) is 54.0 Å². The van der Waals surface area contributed by atoms with Gasteiger partial charge in [0.25, 0.3) is 5.91 Å². The topological polar surface area (TPSA) is 58.2 Å². The van der Waals surface area contributed by atoms with Crippen molar-refractivity contribution in [3.05, 3.63) is 78.6 Å². The molecule has 0 saturated heterocycles. The third kappa shape index (κ3) is 21.0. The SMILES string of the molecule is C/C=C/C(=O)Nc1ccc(C)cc1.C=C(C)/C=C\C(=C)NC(=O)C#CC.CC.CC. The number of nitrogens with one attached hydrogen (secondary N) is 2. The Balaban J connectivity index is -0.000000416. The maximum atomic E-state index is 11.1. The first-order valence-corrected chi connectivity index (χ1v) is 10.0. The molecule has 1 rings (SSSR count). The first kappa shape index (κ1) is 31.4. The molecule has 1 aromatic rings. The highest BCUT2D eigenvalue weighted by atomic mass is 16.2. The van der Waals surface area contributed by atoms with Gasteiger partial charge >= 0.3 is 0 Å². The standard InChI is InChI=1S/2C11H13NO.2C2H6/c1-3-4-11(13)12-10-7-5-9(2)6-8-10;1-5-6-11(13)12-10(4)8-7-9(2)3;2*1-2/h3-8H,1-2H3,(H,12,13);7-8H,2,4H2,1,3H3,(H,12,13);2*1-2H3/b4-3+;8-7-;;. The molecule has 0 aliphatic heterocycles. The average Bonchev–Trinajstić information content (AvgIpc) is 2.72. The van der Waals surface area contributed by atoms with Crippen LogP contribution in [0.15, 0.2) is 73.0 Å². The van der Waals surface area contributed by atoms with Crippen LogP contribution in [0.4, 0.5) is 5.69 Å². The lowest BCUT2D eigenvalue weighted by Crippen LogP contribution is -2.18. The summed E-state index contributed by atoms with van der Waals surface area (Å²) in [6.07, 6.45) is 6.66. The Labute approximate surface area is 183 Å². The number of amides is 2. The van der Waals surface area contributed by atoms with E-state index in [0.717, 1.165) is 11.3 Å². The fraction of sp³-hybridized carbons (Fsp3) is 0.308. The minimum Gasteiger partial charge on any atom is -0.323 e. The lowest BCUT2D eigenvalue weighted by atomic mass is 10.2. The van der Waals surface area contributed by atoms with Gasteiger partial charge in [-0.3, -0.25) is 9.59 Å². The van der Waals surface area contributed by atoms with Crippen molar-refractivity contribution in [1.29, 1.82) is 0 Å². The highest BCUT2D eigenvalue weighted by Gasteiger charge is 1.95. The molecule has 0 saturated carbocycles. The molecule has 0 bridgehead atoms. The minimum absolute atomic E-state index is 0.0913. The van der Waals surface area contributed by atoms with Crippen LogP contribution in [0.3, 0.4) is 0 Å². The van der Waals surface area contributed by atoms with E-state index in [2.05, 4.69) is 35.6 Å². The van der Waals surface area contributed by atoms with Gasteiger partial charge < -0.3 is 10.6 Å². The summed E-state index contributed by atoms with van der Waals surface area (Å²) >= 11 is 0. The lowest BCUT2D eigenvalue weighted by Gasteiger charge is -2.01. The number of rotatable bonds is 5. The number of carbonyl (C=O) groups is 2. The second-order valence-corrected chi connectivity index (χ2v) is 5.39. The number of carbonyl (C=O) groups excluding carboxylic acids is 2. The zero-order chi connectivity index (χ0) is 23.9. The number of anilines is 1. The third-order valence-corrected chi connectivity index (χ3v) is 2.72. The third-order valence-electron chi connectivity index (χ3n) is 2.72. The Morgan fingerprint density at radius 1 is 0.967 bits per heavy atom. The van der Waals surface area contributed by atoms with Crippen molar-refractivity contribution in [2.45, 2.75) is 55.4 Å². The van der Waals surface area contributed by atoms with Gasteiger partial charge in [0, 0.05) is 11.4 Å². The van der Waals surface area contributed by atoms with E-state index in [4.69, 9.17) is 0 Å². The molecule has 4 heteroatoms. The highest BCUT2D eigenvalue weighted by Crippen LogP contribution is 2.08. The summed E-state index contributed by atoms with van der Waals surface area (Å²) in [4.78, 5) is 22.0. The normalized spacial score (nSPS) is 8.67. The van der Waals surface area contributed by atoms with Crippen LogP contribution in [0, 0.1) is 18.8 Å². The summed E-state index contributed by atoms with van der Waals surface area (Å²) < 4.78 is 0. The van der Waals surface area contributed by atoms with Crippen molar-refractivity contribution in [2.24, 2.45) is 0 Å². The van der Waals surface area contributed by atoms with E-state index in [1.54, 1.807) is 25.2 Å². The van der Waals surface area contributed by atoms with Gasteiger partial charge in [0.05, 0.1) is 0 Å². The molecule has 0 heterocycles. The zero-order valence-corrected chi connectivity index (χ0v) is 19.8. The summed E-state index contributed by atoms with van der Waals surface area (Å²) in [5.41, 5.74) is 3.42.